The first-order valence-electron chi connectivity index (χ1n) is 5.42. The molecule has 1 saturated heterocycles. The van der Waals surface area contributed by atoms with Crippen LogP contribution in [-0.2, 0) is 4.74 Å². The van der Waals surface area contributed by atoms with Gasteiger partial charge in [-0.1, -0.05) is 0 Å². The van der Waals surface area contributed by atoms with Crippen LogP contribution in [0.15, 0.2) is 16.6 Å². The number of carbonyl (C=O) groups is 1. The van der Waals surface area contributed by atoms with Crippen molar-refractivity contribution in [1.29, 1.82) is 0 Å². The standard InChI is InChI=1S/C12H13BrFNO2/c1-8-6-10(13)9(7-11(8)14)12(16)15-2-4-17-5-3-15/h6-7H,2-5H2,1H3. The minimum absolute atomic E-state index is 0.154. The third-order valence-corrected chi connectivity index (χ3v) is 3.43. The summed E-state index contributed by atoms with van der Waals surface area (Å²) in [5.74, 6) is -0.510. The topological polar surface area (TPSA) is 29.5 Å². The van der Waals surface area contributed by atoms with Gasteiger partial charge in [-0.2, -0.15) is 0 Å². The normalized spacial score (nSPS) is 16.1. The fourth-order valence-corrected chi connectivity index (χ4v) is 2.37. The molecule has 17 heavy (non-hydrogen) atoms. The number of nitrogens with zero attached hydrogens (tertiary/aromatic N) is 1. The summed E-state index contributed by atoms with van der Waals surface area (Å²) < 4.78 is 19.3. The lowest BCUT2D eigenvalue weighted by Crippen LogP contribution is -2.40. The van der Waals surface area contributed by atoms with E-state index >= 15 is 0 Å². The second-order valence-corrected chi connectivity index (χ2v) is 4.84. The molecule has 0 N–H and O–H groups in total. The van der Waals surface area contributed by atoms with Crippen LogP contribution >= 0.6 is 15.9 Å². The van der Waals surface area contributed by atoms with Gasteiger partial charge in [0.05, 0.1) is 18.8 Å². The number of halogens is 2. The number of hydrogen-bond acceptors (Lipinski definition) is 2. The number of ether oxygens (including phenoxy) is 1. The number of rotatable bonds is 1. The Kier molecular flexibility index (Phi) is 3.79. The van der Waals surface area contributed by atoms with Crippen LogP contribution in [0.25, 0.3) is 0 Å². The van der Waals surface area contributed by atoms with Gasteiger partial charge in [0.2, 0.25) is 0 Å². The molecule has 2 rings (SSSR count). The van der Waals surface area contributed by atoms with E-state index in [2.05, 4.69) is 15.9 Å². The quantitative estimate of drug-likeness (QED) is 0.797. The summed E-state index contributed by atoms with van der Waals surface area (Å²) in [5, 5.41) is 0. The molecule has 92 valence electrons. The smallest absolute Gasteiger partial charge is 0.255 e. The third-order valence-electron chi connectivity index (χ3n) is 2.78. The maximum absolute atomic E-state index is 13.5. The molecule has 0 unspecified atom stereocenters. The van der Waals surface area contributed by atoms with Crippen molar-refractivity contribution in [2.24, 2.45) is 0 Å². The van der Waals surface area contributed by atoms with E-state index in [1.807, 2.05) is 0 Å². The molecule has 1 aromatic rings. The average molecular weight is 302 g/mol. The van der Waals surface area contributed by atoms with Gasteiger partial charge in [0.25, 0.3) is 5.91 Å². The van der Waals surface area contributed by atoms with Crippen LogP contribution < -0.4 is 0 Å². The predicted octanol–water partition coefficient (Wildman–Crippen LogP) is 2.37. The molecule has 3 nitrogen and oxygen atoms in total. The van der Waals surface area contributed by atoms with Gasteiger partial charge in [-0.25, -0.2) is 4.39 Å². The fraction of sp³-hybridized carbons (Fsp3) is 0.417. The number of hydrogen-bond donors (Lipinski definition) is 0. The molecule has 1 amide bonds. The Bertz CT molecular complexity index is 444. The molecular weight excluding hydrogens is 289 g/mol. The van der Waals surface area contributed by atoms with E-state index in [1.54, 1.807) is 17.9 Å². The van der Waals surface area contributed by atoms with Gasteiger partial charge in [-0.3, -0.25) is 4.79 Å². The van der Waals surface area contributed by atoms with Crippen molar-refractivity contribution in [3.63, 3.8) is 0 Å². The second-order valence-electron chi connectivity index (χ2n) is 3.99. The number of benzene rings is 1. The van der Waals surface area contributed by atoms with E-state index in [-0.39, 0.29) is 11.7 Å². The van der Waals surface area contributed by atoms with E-state index in [1.165, 1.54) is 6.07 Å². The number of amides is 1. The van der Waals surface area contributed by atoms with Crippen molar-refractivity contribution in [1.82, 2.24) is 4.90 Å². The molecular formula is C12H13BrFNO2. The summed E-state index contributed by atoms with van der Waals surface area (Å²) in [7, 11) is 0. The summed E-state index contributed by atoms with van der Waals surface area (Å²) >= 11 is 3.30. The lowest BCUT2D eigenvalue weighted by molar-refractivity contribution is 0.0302. The molecule has 0 aromatic heterocycles. The molecule has 0 bridgehead atoms. The summed E-state index contributed by atoms with van der Waals surface area (Å²) in [6.45, 7) is 3.86. The summed E-state index contributed by atoms with van der Waals surface area (Å²) in [6.07, 6.45) is 0. The van der Waals surface area contributed by atoms with Gasteiger partial charge in [0.15, 0.2) is 0 Å². The summed E-state index contributed by atoms with van der Waals surface area (Å²) in [6, 6.07) is 2.92. The monoisotopic (exact) mass is 301 g/mol. The molecule has 0 atom stereocenters. The fourth-order valence-electron chi connectivity index (χ4n) is 1.75. The van der Waals surface area contributed by atoms with Crippen LogP contribution in [0.5, 0.6) is 0 Å². The van der Waals surface area contributed by atoms with Crippen LogP contribution in [0.4, 0.5) is 4.39 Å². The van der Waals surface area contributed by atoms with E-state index in [4.69, 9.17) is 4.74 Å². The Morgan fingerprint density at radius 2 is 2.06 bits per heavy atom. The average Bonchev–Trinajstić information content (AvgIpc) is 2.34. The second kappa shape index (κ2) is 5.14. The van der Waals surface area contributed by atoms with Crippen molar-refractivity contribution in [3.8, 4) is 0 Å². The highest BCUT2D eigenvalue weighted by Crippen LogP contribution is 2.22. The Morgan fingerprint density at radius 1 is 1.41 bits per heavy atom. The first kappa shape index (κ1) is 12.5. The third kappa shape index (κ3) is 2.66. The lowest BCUT2D eigenvalue weighted by atomic mass is 10.1. The van der Waals surface area contributed by atoms with Crippen LogP contribution in [0.1, 0.15) is 15.9 Å². The molecule has 0 saturated carbocycles. The van der Waals surface area contributed by atoms with Gasteiger partial charge < -0.3 is 9.64 Å². The highest BCUT2D eigenvalue weighted by atomic mass is 79.9. The van der Waals surface area contributed by atoms with Gasteiger partial charge in [0.1, 0.15) is 5.82 Å². The minimum atomic E-state index is -0.357. The summed E-state index contributed by atoms with van der Waals surface area (Å²) in [4.78, 5) is 13.8. The van der Waals surface area contributed by atoms with E-state index in [9.17, 15) is 9.18 Å². The Hall–Kier alpha value is -0.940. The Balaban J connectivity index is 2.26. The summed E-state index contributed by atoms with van der Waals surface area (Å²) in [5.41, 5.74) is 0.894. The molecule has 1 fully saturated rings. The number of aryl methyl sites for hydroxylation is 1. The SMILES string of the molecule is Cc1cc(Br)c(C(=O)N2CCOCC2)cc1F. The number of morpholine rings is 1. The predicted molar refractivity (Wildman–Crippen MR) is 65.6 cm³/mol. The van der Waals surface area contributed by atoms with Gasteiger partial charge in [0, 0.05) is 17.6 Å². The van der Waals surface area contributed by atoms with Gasteiger partial charge in [-0.15, -0.1) is 0 Å². The maximum atomic E-state index is 13.5. The molecule has 0 aliphatic carbocycles. The number of carbonyl (C=O) groups excluding carboxylic acids is 1. The van der Waals surface area contributed by atoms with Crippen LogP contribution in [0.3, 0.4) is 0 Å². The van der Waals surface area contributed by atoms with E-state index < -0.39 is 0 Å². The largest absolute Gasteiger partial charge is 0.378 e. The first-order chi connectivity index (χ1) is 8.09. The van der Waals surface area contributed by atoms with Crippen molar-refractivity contribution >= 4 is 21.8 Å². The molecule has 1 heterocycles. The van der Waals surface area contributed by atoms with Gasteiger partial charge >= 0.3 is 0 Å². The molecule has 0 spiro atoms. The van der Waals surface area contributed by atoms with E-state index in [0.717, 1.165) is 0 Å². The molecule has 1 aromatic carbocycles. The van der Waals surface area contributed by atoms with Crippen molar-refractivity contribution in [3.05, 3.63) is 33.5 Å². The zero-order chi connectivity index (χ0) is 12.4. The van der Waals surface area contributed by atoms with Crippen LogP contribution in [0, 0.1) is 12.7 Å². The Labute approximate surface area is 108 Å². The van der Waals surface area contributed by atoms with Crippen molar-refractivity contribution in [2.45, 2.75) is 6.92 Å². The molecule has 1 aliphatic rings. The van der Waals surface area contributed by atoms with Crippen LogP contribution in [0.2, 0.25) is 0 Å². The first-order valence-corrected chi connectivity index (χ1v) is 6.21. The lowest BCUT2D eigenvalue weighted by Gasteiger charge is -2.27. The molecule has 1 aliphatic heterocycles. The molecule has 0 radical (unpaired) electrons. The highest BCUT2D eigenvalue weighted by Gasteiger charge is 2.21. The zero-order valence-corrected chi connectivity index (χ0v) is 11.1. The molecule has 5 heteroatoms. The van der Waals surface area contributed by atoms with Crippen LogP contribution in [-0.4, -0.2) is 37.1 Å². The highest BCUT2D eigenvalue weighted by molar-refractivity contribution is 9.10. The minimum Gasteiger partial charge on any atom is -0.378 e. The zero-order valence-electron chi connectivity index (χ0n) is 9.50. The van der Waals surface area contributed by atoms with Gasteiger partial charge in [-0.05, 0) is 40.5 Å². The Morgan fingerprint density at radius 3 is 2.71 bits per heavy atom. The van der Waals surface area contributed by atoms with Crippen molar-refractivity contribution in [2.75, 3.05) is 26.3 Å². The maximum Gasteiger partial charge on any atom is 0.255 e. The van der Waals surface area contributed by atoms with Crippen molar-refractivity contribution < 1.29 is 13.9 Å². The van der Waals surface area contributed by atoms with E-state index in [0.29, 0.717) is 41.9 Å².